The van der Waals surface area contributed by atoms with Crippen LogP contribution in [0.1, 0.15) is 60.4 Å². The third-order valence-electron chi connectivity index (χ3n) is 4.31. The summed E-state index contributed by atoms with van der Waals surface area (Å²) >= 11 is 1.66. The molecule has 0 aliphatic rings. The second kappa shape index (κ2) is 10.2. The van der Waals surface area contributed by atoms with E-state index in [2.05, 4.69) is 36.5 Å². The lowest BCUT2D eigenvalue weighted by Crippen LogP contribution is -2.49. The molecule has 0 aliphatic heterocycles. The highest BCUT2D eigenvalue weighted by molar-refractivity contribution is 7.99. The standard InChI is InChI=1S/C24H32N2O3S/c1-17-6-12-20(13-7-17)30-15-14-21(27)18-8-10-19(11-9-18)22(28)26-24(4,5)29-16-23(2,3)25/h6-13H,14-16,25H2,1-5H3,(H,26,28). The van der Waals surface area contributed by atoms with Crippen LogP contribution in [0.15, 0.2) is 53.4 Å². The number of thioether (sulfide) groups is 1. The summed E-state index contributed by atoms with van der Waals surface area (Å²) in [5.74, 6) is 0.520. The van der Waals surface area contributed by atoms with E-state index < -0.39 is 11.3 Å². The van der Waals surface area contributed by atoms with Crippen molar-refractivity contribution in [3.05, 3.63) is 65.2 Å². The van der Waals surface area contributed by atoms with Crippen LogP contribution in [-0.4, -0.2) is 35.3 Å². The minimum absolute atomic E-state index is 0.0652. The van der Waals surface area contributed by atoms with Crippen molar-refractivity contribution in [1.82, 2.24) is 5.32 Å². The molecule has 2 aromatic carbocycles. The van der Waals surface area contributed by atoms with Gasteiger partial charge in [0.25, 0.3) is 5.91 Å². The average Bonchev–Trinajstić information content (AvgIpc) is 2.67. The van der Waals surface area contributed by atoms with Crippen LogP contribution >= 0.6 is 11.8 Å². The number of rotatable bonds is 10. The summed E-state index contributed by atoms with van der Waals surface area (Å²) in [6.07, 6.45) is 0.444. The first-order valence-electron chi connectivity index (χ1n) is 10.0. The van der Waals surface area contributed by atoms with Gasteiger partial charge < -0.3 is 15.8 Å². The largest absolute Gasteiger partial charge is 0.354 e. The molecule has 2 rings (SSSR count). The van der Waals surface area contributed by atoms with Crippen molar-refractivity contribution in [2.45, 2.75) is 57.2 Å². The second-order valence-electron chi connectivity index (χ2n) is 8.65. The number of amides is 1. The Hall–Kier alpha value is -2.15. The fraction of sp³-hybridized carbons (Fsp3) is 0.417. The molecule has 3 N–H and O–H groups in total. The fourth-order valence-corrected chi connectivity index (χ4v) is 3.45. The normalized spacial score (nSPS) is 11.9. The van der Waals surface area contributed by atoms with Gasteiger partial charge in [-0.3, -0.25) is 9.59 Å². The van der Waals surface area contributed by atoms with Gasteiger partial charge in [-0.1, -0.05) is 29.8 Å². The zero-order chi connectivity index (χ0) is 22.4. The smallest absolute Gasteiger partial charge is 0.253 e. The van der Waals surface area contributed by atoms with Gasteiger partial charge in [-0.15, -0.1) is 11.8 Å². The van der Waals surface area contributed by atoms with E-state index in [1.165, 1.54) is 5.56 Å². The summed E-state index contributed by atoms with van der Waals surface area (Å²) in [5.41, 5.74) is 6.90. The van der Waals surface area contributed by atoms with Crippen LogP contribution in [0, 0.1) is 6.92 Å². The molecular weight excluding hydrogens is 396 g/mol. The Bertz CT molecular complexity index is 854. The highest BCUT2D eigenvalue weighted by Gasteiger charge is 2.24. The molecule has 5 nitrogen and oxygen atoms in total. The van der Waals surface area contributed by atoms with Crippen LogP contribution in [0.4, 0.5) is 0 Å². The third-order valence-corrected chi connectivity index (χ3v) is 5.32. The molecule has 2 aromatic rings. The zero-order valence-corrected chi connectivity index (χ0v) is 19.3. The molecular formula is C24H32N2O3S. The van der Waals surface area contributed by atoms with Crippen molar-refractivity contribution in [2.75, 3.05) is 12.4 Å². The Morgan fingerprint density at radius 3 is 2.10 bits per heavy atom. The molecule has 0 spiro atoms. The van der Waals surface area contributed by atoms with Crippen LogP contribution in [-0.2, 0) is 4.74 Å². The van der Waals surface area contributed by atoms with Gasteiger partial charge >= 0.3 is 0 Å². The van der Waals surface area contributed by atoms with Crippen LogP contribution in [0.2, 0.25) is 0 Å². The average molecular weight is 429 g/mol. The van der Waals surface area contributed by atoms with Gasteiger partial charge in [0.05, 0.1) is 6.61 Å². The zero-order valence-electron chi connectivity index (χ0n) is 18.5. The third kappa shape index (κ3) is 8.30. The molecule has 0 aromatic heterocycles. The molecule has 162 valence electrons. The van der Waals surface area contributed by atoms with Gasteiger partial charge in [-0.2, -0.15) is 0 Å². The Kier molecular flexibility index (Phi) is 8.24. The SMILES string of the molecule is Cc1ccc(SCCC(=O)c2ccc(C(=O)NC(C)(C)OCC(C)(C)N)cc2)cc1. The maximum Gasteiger partial charge on any atom is 0.253 e. The number of ketones is 1. The van der Waals surface area contributed by atoms with Crippen molar-refractivity contribution in [1.29, 1.82) is 0 Å². The summed E-state index contributed by atoms with van der Waals surface area (Å²) in [4.78, 5) is 26.1. The van der Waals surface area contributed by atoms with E-state index in [-0.39, 0.29) is 11.7 Å². The number of ether oxygens (including phenoxy) is 1. The summed E-state index contributed by atoms with van der Waals surface area (Å²) in [6.45, 7) is 9.64. The van der Waals surface area contributed by atoms with Gasteiger partial charge in [0.15, 0.2) is 5.78 Å². The van der Waals surface area contributed by atoms with Gasteiger partial charge in [0, 0.05) is 33.7 Å². The minimum atomic E-state index is -0.852. The molecule has 0 aliphatic carbocycles. The fourth-order valence-electron chi connectivity index (χ4n) is 2.60. The van der Waals surface area contributed by atoms with Gasteiger partial charge in [0.2, 0.25) is 0 Å². The lowest BCUT2D eigenvalue weighted by molar-refractivity contribution is -0.0531. The highest BCUT2D eigenvalue weighted by Crippen LogP contribution is 2.20. The molecule has 0 saturated carbocycles. The number of carbonyl (C=O) groups is 2. The number of hydrogen-bond donors (Lipinski definition) is 2. The topological polar surface area (TPSA) is 81.4 Å². The van der Waals surface area contributed by atoms with Crippen LogP contribution in [0.25, 0.3) is 0 Å². The summed E-state index contributed by atoms with van der Waals surface area (Å²) < 4.78 is 5.72. The molecule has 0 heterocycles. The van der Waals surface area contributed by atoms with E-state index in [0.717, 1.165) is 4.90 Å². The van der Waals surface area contributed by atoms with Crippen molar-refractivity contribution < 1.29 is 14.3 Å². The first-order valence-corrected chi connectivity index (χ1v) is 11.0. The Labute approximate surface area is 183 Å². The van der Waals surface area contributed by atoms with Crippen molar-refractivity contribution in [3.63, 3.8) is 0 Å². The number of aryl methyl sites for hydroxylation is 1. The van der Waals surface area contributed by atoms with Gasteiger partial charge in [0.1, 0.15) is 5.72 Å². The van der Waals surface area contributed by atoms with Crippen LogP contribution in [0.5, 0.6) is 0 Å². The van der Waals surface area contributed by atoms with E-state index >= 15 is 0 Å². The second-order valence-corrected chi connectivity index (χ2v) is 9.82. The van der Waals surface area contributed by atoms with Crippen molar-refractivity contribution in [3.8, 4) is 0 Å². The molecule has 0 unspecified atom stereocenters. The predicted molar refractivity (Wildman–Crippen MR) is 123 cm³/mol. The summed E-state index contributed by atoms with van der Waals surface area (Å²) in [6, 6.07) is 15.0. The monoisotopic (exact) mass is 428 g/mol. The van der Waals surface area contributed by atoms with Crippen molar-refractivity contribution in [2.24, 2.45) is 5.73 Å². The quantitative estimate of drug-likeness (QED) is 0.329. The van der Waals surface area contributed by atoms with E-state index in [4.69, 9.17) is 10.5 Å². The molecule has 0 fully saturated rings. The van der Waals surface area contributed by atoms with E-state index in [9.17, 15) is 9.59 Å². The maximum absolute atomic E-state index is 12.5. The minimum Gasteiger partial charge on any atom is -0.354 e. The first kappa shape index (κ1) is 24.1. The number of nitrogens with two attached hydrogens (primary N) is 1. The predicted octanol–water partition coefficient (Wildman–Crippen LogP) is 4.58. The number of benzene rings is 2. The summed E-state index contributed by atoms with van der Waals surface area (Å²) in [5, 5.41) is 2.85. The van der Waals surface area contributed by atoms with Crippen LogP contribution in [0.3, 0.4) is 0 Å². The van der Waals surface area contributed by atoms with Gasteiger partial charge in [-0.05, 0) is 58.9 Å². The van der Waals surface area contributed by atoms with E-state index in [1.54, 1.807) is 49.9 Å². The lowest BCUT2D eigenvalue weighted by Gasteiger charge is -2.30. The number of Topliss-reactive ketones (excluding diaryl/α,β-unsaturated/α-hetero) is 1. The van der Waals surface area contributed by atoms with Crippen LogP contribution < -0.4 is 11.1 Å². The molecule has 0 bridgehead atoms. The number of carbonyl (C=O) groups excluding carboxylic acids is 2. The Morgan fingerprint density at radius 1 is 0.967 bits per heavy atom. The van der Waals surface area contributed by atoms with E-state index in [1.807, 2.05) is 13.8 Å². The number of nitrogens with one attached hydrogen (secondary N) is 1. The maximum atomic E-state index is 12.5. The lowest BCUT2D eigenvalue weighted by atomic mass is 10.1. The molecule has 1 amide bonds. The van der Waals surface area contributed by atoms with E-state index in [0.29, 0.717) is 29.9 Å². The molecule has 0 atom stereocenters. The number of hydrogen-bond acceptors (Lipinski definition) is 5. The Morgan fingerprint density at radius 2 is 1.53 bits per heavy atom. The molecule has 30 heavy (non-hydrogen) atoms. The summed E-state index contributed by atoms with van der Waals surface area (Å²) in [7, 11) is 0. The Balaban J connectivity index is 1.86. The molecule has 6 heteroatoms. The molecule has 0 saturated heterocycles. The first-order chi connectivity index (χ1) is 14.0. The molecule has 0 radical (unpaired) electrons. The highest BCUT2D eigenvalue weighted by atomic mass is 32.2. The van der Waals surface area contributed by atoms with Crippen molar-refractivity contribution >= 4 is 23.5 Å². The van der Waals surface area contributed by atoms with Gasteiger partial charge in [-0.25, -0.2) is 0 Å².